The molecular weight excluding hydrogens is 582 g/mol. The van der Waals surface area contributed by atoms with Crippen LogP contribution in [0.3, 0.4) is 0 Å². The van der Waals surface area contributed by atoms with E-state index in [9.17, 15) is 27.6 Å². The minimum atomic E-state index is -3.72. The van der Waals surface area contributed by atoms with E-state index in [1.54, 1.807) is 6.92 Å². The summed E-state index contributed by atoms with van der Waals surface area (Å²) >= 11 is 1.16. The van der Waals surface area contributed by atoms with Crippen molar-refractivity contribution in [2.45, 2.75) is 71.2 Å². The maximum Gasteiger partial charge on any atom is 0.410 e. The van der Waals surface area contributed by atoms with Crippen LogP contribution in [0.15, 0.2) is 29.2 Å². The van der Waals surface area contributed by atoms with Gasteiger partial charge < -0.3 is 15.0 Å². The molecule has 3 N–H and O–H groups in total. The zero-order chi connectivity index (χ0) is 30.9. The highest BCUT2D eigenvalue weighted by atomic mass is 32.2. The van der Waals surface area contributed by atoms with E-state index in [4.69, 9.17) is 4.74 Å². The number of nitrogens with zero attached hydrogens (tertiary/aromatic N) is 2. The molecule has 0 fully saturated rings. The fourth-order valence-electron chi connectivity index (χ4n) is 4.43. The fraction of sp³-hybridized carbons (Fsp3) is 0.500. The number of fused-ring (bicyclic) bond motifs is 1. The summed E-state index contributed by atoms with van der Waals surface area (Å²) in [6.07, 6.45) is 3.13. The largest absolute Gasteiger partial charge is 0.450 e. The van der Waals surface area contributed by atoms with Crippen LogP contribution in [-0.4, -0.2) is 67.7 Å². The fourth-order valence-corrected chi connectivity index (χ4v) is 7.21. The van der Waals surface area contributed by atoms with E-state index in [0.29, 0.717) is 36.5 Å². The summed E-state index contributed by atoms with van der Waals surface area (Å²) in [4.78, 5) is 52.3. The molecule has 0 radical (unpaired) electrons. The van der Waals surface area contributed by atoms with Crippen LogP contribution in [0, 0.1) is 0 Å². The average Bonchev–Trinajstić information content (AvgIpc) is 3.33. The minimum absolute atomic E-state index is 0.104. The summed E-state index contributed by atoms with van der Waals surface area (Å²) in [5.41, 5.74) is 5.67. The van der Waals surface area contributed by atoms with E-state index >= 15 is 0 Å². The normalized spacial score (nSPS) is 12.9. The third kappa shape index (κ3) is 8.07. The number of anilines is 1. The molecule has 0 unspecified atom stereocenters. The van der Waals surface area contributed by atoms with Crippen LogP contribution < -0.4 is 16.2 Å². The topological polar surface area (TPSA) is 154 Å². The lowest BCUT2D eigenvalue weighted by Gasteiger charge is -2.26. The van der Waals surface area contributed by atoms with Crippen molar-refractivity contribution in [1.29, 1.82) is 0 Å². The van der Waals surface area contributed by atoms with Gasteiger partial charge in [0.25, 0.3) is 11.8 Å². The van der Waals surface area contributed by atoms with Crippen LogP contribution in [-0.2, 0) is 32.5 Å². The molecule has 0 spiro atoms. The van der Waals surface area contributed by atoms with Gasteiger partial charge in [0.1, 0.15) is 5.00 Å². The van der Waals surface area contributed by atoms with E-state index in [1.165, 1.54) is 40.4 Å². The Labute approximate surface area is 250 Å². The summed E-state index contributed by atoms with van der Waals surface area (Å²) in [5.74, 6) is -1.62. The maximum atomic E-state index is 13.3. The number of benzene rings is 1. The number of nitrogens with one attached hydrogen (secondary N) is 3. The second kappa shape index (κ2) is 15.1. The summed E-state index contributed by atoms with van der Waals surface area (Å²) < 4.78 is 33.2. The van der Waals surface area contributed by atoms with Crippen molar-refractivity contribution in [2.75, 3.05) is 31.6 Å². The summed E-state index contributed by atoms with van der Waals surface area (Å²) in [6.45, 7) is 8.60. The number of hydrogen-bond acceptors (Lipinski definition) is 8. The predicted molar refractivity (Wildman–Crippen MR) is 160 cm³/mol. The Bertz CT molecular complexity index is 1380. The Hall–Kier alpha value is -3.49. The maximum absolute atomic E-state index is 13.3. The number of unbranched alkanes of at least 4 members (excludes halogenated alkanes) is 2. The van der Waals surface area contributed by atoms with Crippen molar-refractivity contribution < 1.29 is 32.3 Å². The zero-order valence-electron chi connectivity index (χ0n) is 24.4. The Kier molecular flexibility index (Phi) is 11.9. The second-order valence-corrected chi connectivity index (χ2v) is 12.8. The number of carbonyl (C=O) groups is 4. The highest BCUT2D eigenvalue weighted by Crippen LogP contribution is 2.37. The lowest BCUT2D eigenvalue weighted by atomic mass is 10.0. The van der Waals surface area contributed by atoms with E-state index < -0.39 is 33.8 Å². The molecule has 0 saturated heterocycles. The summed E-state index contributed by atoms with van der Waals surface area (Å²) in [6, 6.07) is 5.70. The van der Waals surface area contributed by atoms with E-state index in [-0.39, 0.29) is 34.2 Å². The van der Waals surface area contributed by atoms with Crippen LogP contribution >= 0.6 is 11.3 Å². The first-order chi connectivity index (χ1) is 20.0. The Morgan fingerprint density at radius 1 is 0.976 bits per heavy atom. The SMILES string of the molecule is CCCCN(CCCC)S(=O)(=O)c1ccc(C(=O)Nc2sc3c(c2C(=O)NNC(C)=O)CCN(C(=O)OCC)C3)cc1. The average molecular weight is 622 g/mol. The first-order valence-electron chi connectivity index (χ1n) is 14.1. The van der Waals surface area contributed by atoms with Crippen LogP contribution in [0.2, 0.25) is 0 Å². The number of thiophene rings is 1. The van der Waals surface area contributed by atoms with Gasteiger partial charge in [-0.1, -0.05) is 26.7 Å². The molecule has 2 aromatic rings. The van der Waals surface area contributed by atoms with Crippen molar-refractivity contribution >= 4 is 50.2 Å². The molecule has 1 aromatic heterocycles. The first kappa shape index (κ1) is 33.0. The highest BCUT2D eigenvalue weighted by molar-refractivity contribution is 7.89. The van der Waals surface area contributed by atoms with Crippen LogP contribution in [0.1, 0.15) is 84.5 Å². The van der Waals surface area contributed by atoms with Crippen molar-refractivity contribution in [3.05, 3.63) is 45.8 Å². The molecule has 1 aromatic carbocycles. The first-order valence-corrected chi connectivity index (χ1v) is 16.3. The standard InChI is InChI=1S/C28H39N5O7S2/c1-5-8-15-33(16-9-6-2)42(38,39)21-12-10-20(11-13-21)25(35)29-27-24(26(36)31-30-19(4)34)22-14-17-32(18-23(22)41-27)28(37)40-7-3/h10-13H,5-9,14-18H2,1-4H3,(H,29,35)(H,30,34)(H,31,36). The van der Waals surface area contributed by atoms with Gasteiger partial charge in [-0.05, 0) is 56.0 Å². The van der Waals surface area contributed by atoms with Crippen LogP contribution in [0.4, 0.5) is 9.80 Å². The third-order valence-electron chi connectivity index (χ3n) is 6.67. The number of sulfonamides is 1. The Balaban J connectivity index is 1.86. The molecule has 2 heterocycles. The zero-order valence-corrected chi connectivity index (χ0v) is 26.1. The number of carbonyl (C=O) groups excluding carboxylic acids is 4. The molecule has 0 saturated carbocycles. The Morgan fingerprint density at radius 3 is 2.19 bits per heavy atom. The molecule has 0 bridgehead atoms. The molecule has 12 nitrogen and oxygen atoms in total. The molecule has 230 valence electrons. The summed E-state index contributed by atoms with van der Waals surface area (Å²) in [5, 5.41) is 3.02. The van der Waals surface area contributed by atoms with Crippen molar-refractivity contribution in [3.8, 4) is 0 Å². The molecule has 4 amide bonds. The van der Waals surface area contributed by atoms with Gasteiger partial charge in [0, 0.05) is 37.0 Å². The van der Waals surface area contributed by atoms with Gasteiger partial charge in [-0.15, -0.1) is 11.3 Å². The van der Waals surface area contributed by atoms with E-state index in [2.05, 4.69) is 16.2 Å². The lowest BCUT2D eigenvalue weighted by Crippen LogP contribution is -2.41. The third-order valence-corrected chi connectivity index (χ3v) is 9.71. The second-order valence-electron chi connectivity index (χ2n) is 9.80. The quantitative estimate of drug-likeness (QED) is 0.304. The van der Waals surface area contributed by atoms with Gasteiger partial charge in [-0.3, -0.25) is 25.2 Å². The molecule has 14 heteroatoms. The van der Waals surface area contributed by atoms with Crippen LogP contribution in [0.25, 0.3) is 0 Å². The lowest BCUT2D eigenvalue weighted by molar-refractivity contribution is -0.119. The number of hydrogen-bond donors (Lipinski definition) is 3. The minimum Gasteiger partial charge on any atom is -0.450 e. The molecule has 1 aliphatic rings. The van der Waals surface area contributed by atoms with Crippen molar-refractivity contribution in [3.63, 3.8) is 0 Å². The van der Waals surface area contributed by atoms with Crippen molar-refractivity contribution in [2.24, 2.45) is 0 Å². The predicted octanol–water partition coefficient (Wildman–Crippen LogP) is 3.89. The smallest absolute Gasteiger partial charge is 0.410 e. The molecule has 0 aliphatic carbocycles. The van der Waals surface area contributed by atoms with E-state index in [0.717, 1.165) is 37.0 Å². The highest BCUT2D eigenvalue weighted by Gasteiger charge is 2.31. The van der Waals surface area contributed by atoms with Gasteiger partial charge in [0.2, 0.25) is 15.9 Å². The van der Waals surface area contributed by atoms with Crippen molar-refractivity contribution in [1.82, 2.24) is 20.1 Å². The number of ether oxygens (including phenoxy) is 1. The van der Waals surface area contributed by atoms with Gasteiger partial charge >= 0.3 is 6.09 Å². The van der Waals surface area contributed by atoms with Gasteiger partial charge in [0.05, 0.1) is 23.6 Å². The molecule has 0 atom stereocenters. The molecular formula is C28H39N5O7S2. The Morgan fingerprint density at radius 2 is 1.62 bits per heavy atom. The number of hydrazine groups is 1. The van der Waals surface area contributed by atoms with Gasteiger partial charge in [0.15, 0.2) is 0 Å². The monoisotopic (exact) mass is 621 g/mol. The molecule has 1 aliphatic heterocycles. The van der Waals surface area contributed by atoms with Crippen LogP contribution in [0.5, 0.6) is 0 Å². The number of amides is 4. The summed E-state index contributed by atoms with van der Waals surface area (Å²) in [7, 11) is -3.72. The van der Waals surface area contributed by atoms with Gasteiger partial charge in [-0.2, -0.15) is 4.31 Å². The van der Waals surface area contributed by atoms with Gasteiger partial charge in [-0.25, -0.2) is 13.2 Å². The number of rotatable bonds is 12. The molecule has 42 heavy (non-hydrogen) atoms. The molecule has 3 rings (SSSR count). The van der Waals surface area contributed by atoms with E-state index in [1.807, 2.05) is 13.8 Å².